The highest BCUT2D eigenvalue weighted by Gasteiger charge is 2.15. The third-order valence-corrected chi connectivity index (χ3v) is 3.08. The number of carbonyl (C=O) groups is 1. The van der Waals surface area contributed by atoms with Crippen molar-refractivity contribution in [3.8, 4) is 0 Å². The molecule has 0 aliphatic heterocycles. The first kappa shape index (κ1) is 13.5. The molecule has 0 atom stereocenters. The largest absolute Gasteiger partial charge is 0.478 e. The van der Waals surface area contributed by atoms with E-state index < -0.39 is 5.97 Å². The van der Waals surface area contributed by atoms with E-state index in [0.29, 0.717) is 5.56 Å². The maximum Gasteiger partial charge on any atom is 0.336 e. The first-order valence-electron chi connectivity index (χ1n) is 5.96. The molecule has 17 heavy (non-hydrogen) atoms. The second-order valence-corrected chi connectivity index (χ2v) is 4.50. The number of carboxylic acids is 1. The lowest BCUT2D eigenvalue weighted by Gasteiger charge is -2.12. The van der Waals surface area contributed by atoms with Gasteiger partial charge in [-0.1, -0.05) is 24.6 Å². The van der Waals surface area contributed by atoms with Crippen molar-refractivity contribution in [3.63, 3.8) is 0 Å². The summed E-state index contributed by atoms with van der Waals surface area (Å²) in [7, 11) is 0. The number of carboxylic acid groups (broad SMARTS) is 1. The summed E-state index contributed by atoms with van der Waals surface area (Å²) in [5.74, 6) is -0.825. The van der Waals surface area contributed by atoms with Crippen LogP contribution >= 0.6 is 0 Å². The van der Waals surface area contributed by atoms with Gasteiger partial charge in [-0.05, 0) is 49.8 Å². The second-order valence-electron chi connectivity index (χ2n) is 4.50. The van der Waals surface area contributed by atoms with E-state index in [2.05, 4.69) is 6.58 Å². The van der Waals surface area contributed by atoms with Crippen LogP contribution in [0.4, 0.5) is 0 Å². The van der Waals surface area contributed by atoms with Crippen LogP contribution in [0.3, 0.4) is 0 Å². The molecule has 0 fully saturated rings. The fourth-order valence-corrected chi connectivity index (χ4v) is 2.05. The van der Waals surface area contributed by atoms with E-state index in [0.717, 1.165) is 41.5 Å². The van der Waals surface area contributed by atoms with Gasteiger partial charge in [0.05, 0.1) is 5.56 Å². The van der Waals surface area contributed by atoms with Crippen molar-refractivity contribution in [2.75, 3.05) is 0 Å². The van der Waals surface area contributed by atoms with Crippen LogP contribution in [0.15, 0.2) is 24.3 Å². The van der Waals surface area contributed by atoms with E-state index in [4.69, 9.17) is 0 Å². The maximum absolute atomic E-state index is 11.3. The van der Waals surface area contributed by atoms with E-state index >= 15 is 0 Å². The van der Waals surface area contributed by atoms with Crippen molar-refractivity contribution < 1.29 is 9.90 Å². The molecule has 0 heterocycles. The number of rotatable bonds is 5. The molecular weight excluding hydrogens is 212 g/mol. The molecule has 0 aromatic heterocycles. The van der Waals surface area contributed by atoms with Crippen molar-refractivity contribution in [3.05, 3.63) is 46.5 Å². The molecule has 0 bridgehead atoms. The molecular formula is C15H20O2. The first-order chi connectivity index (χ1) is 7.97. The van der Waals surface area contributed by atoms with Gasteiger partial charge in [-0.3, -0.25) is 0 Å². The standard InChI is InChI=1S/C15H20O2/c1-5-12-8-9-13(7-6-10(2)3)14(11(12)4)15(16)17/h8-9H,2,5-7H2,1,3-4H3,(H,16,17). The topological polar surface area (TPSA) is 37.3 Å². The Morgan fingerprint density at radius 2 is 1.94 bits per heavy atom. The molecule has 0 saturated heterocycles. The smallest absolute Gasteiger partial charge is 0.336 e. The number of hydrogen-bond donors (Lipinski definition) is 1. The quantitative estimate of drug-likeness (QED) is 0.785. The van der Waals surface area contributed by atoms with E-state index in [1.165, 1.54) is 0 Å². The number of aromatic carboxylic acids is 1. The molecule has 1 aromatic rings. The minimum Gasteiger partial charge on any atom is -0.478 e. The Hall–Kier alpha value is -1.57. The molecule has 0 unspecified atom stereocenters. The Morgan fingerprint density at radius 1 is 1.35 bits per heavy atom. The van der Waals surface area contributed by atoms with E-state index in [1.807, 2.05) is 32.9 Å². The van der Waals surface area contributed by atoms with Crippen molar-refractivity contribution in [1.29, 1.82) is 0 Å². The average Bonchev–Trinajstić information content (AvgIpc) is 2.25. The van der Waals surface area contributed by atoms with Gasteiger partial charge < -0.3 is 5.11 Å². The summed E-state index contributed by atoms with van der Waals surface area (Å²) in [6.45, 7) is 9.76. The van der Waals surface area contributed by atoms with Gasteiger partial charge in [-0.15, -0.1) is 6.58 Å². The number of aryl methyl sites for hydroxylation is 2. The van der Waals surface area contributed by atoms with Gasteiger partial charge in [0, 0.05) is 0 Å². The number of benzene rings is 1. The molecule has 2 heteroatoms. The van der Waals surface area contributed by atoms with Crippen LogP contribution in [-0.2, 0) is 12.8 Å². The predicted octanol–water partition coefficient (Wildman–Crippen LogP) is 3.76. The molecule has 2 nitrogen and oxygen atoms in total. The van der Waals surface area contributed by atoms with E-state index in [9.17, 15) is 9.90 Å². The monoisotopic (exact) mass is 232 g/mol. The lowest BCUT2D eigenvalue weighted by atomic mass is 9.92. The van der Waals surface area contributed by atoms with Crippen molar-refractivity contribution in [2.24, 2.45) is 0 Å². The number of hydrogen-bond acceptors (Lipinski definition) is 1. The van der Waals surface area contributed by atoms with Crippen LogP contribution in [0.25, 0.3) is 0 Å². The van der Waals surface area contributed by atoms with Crippen molar-refractivity contribution in [1.82, 2.24) is 0 Å². The third kappa shape index (κ3) is 3.19. The zero-order valence-corrected chi connectivity index (χ0v) is 10.8. The van der Waals surface area contributed by atoms with E-state index in [1.54, 1.807) is 0 Å². The van der Waals surface area contributed by atoms with Gasteiger partial charge in [-0.25, -0.2) is 4.79 Å². The lowest BCUT2D eigenvalue weighted by Crippen LogP contribution is -2.08. The van der Waals surface area contributed by atoms with Gasteiger partial charge in [0.2, 0.25) is 0 Å². The first-order valence-corrected chi connectivity index (χ1v) is 5.96. The lowest BCUT2D eigenvalue weighted by molar-refractivity contribution is 0.0694. The van der Waals surface area contributed by atoms with Gasteiger partial charge in [0.25, 0.3) is 0 Å². The fraction of sp³-hybridized carbons (Fsp3) is 0.400. The van der Waals surface area contributed by atoms with Gasteiger partial charge in [-0.2, -0.15) is 0 Å². The van der Waals surface area contributed by atoms with Crippen molar-refractivity contribution in [2.45, 2.75) is 40.0 Å². The molecule has 0 radical (unpaired) electrons. The zero-order valence-electron chi connectivity index (χ0n) is 10.8. The minimum atomic E-state index is -0.825. The van der Waals surface area contributed by atoms with Crippen LogP contribution in [0.1, 0.15) is 47.3 Å². The molecule has 1 N–H and O–H groups in total. The van der Waals surface area contributed by atoms with Crippen molar-refractivity contribution >= 4 is 5.97 Å². The van der Waals surface area contributed by atoms with Crippen LogP contribution in [-0.4, -0.2) is 11.1 Å². The fourth-order valence-electron chi connectivity index (χ4n) is 2.05. The highest BCUT2D eigenvalue weighted by Crippen LogP contribution is 2.21. The molecule has 92 valence electrons. The SMILES string of the molecule is C=C(C)CCc1ccc(CC)c(C)c1C(=O)O. The Labute approximate surface area is 103 Å². The van der Waals surface area contributed by atoms with Gasteiger partial charge >= 0.3 is 5.97 Å². The maximum atomic E-state index is 11.3. The zero-order chi connectivity index (χ0) is 13.0. The second kappa shape index (κ2) is 5.67. The Kier molecular flexibility index (Phi) is 4.50. The van der Waals surface area contributed by atoms with Crippen LogP contribution in [0.5, 0.6) is 0 Å². The Balaban J connectivity index is 3.17. The molecule has 0 aliphatic carbocycles. The summed E-state index contributed by atoms with van der Waals surface area (Å²) in [4.78, 5) is 11.3. The highest BCUT2D eigenvalue weighted by molar-refractivity contribution is 5.91. The normalized spacial score (nSPS) is 10.3. The van der Waals surface area contributed by atoms with Gasteiger partial charge in [0.1, 0.15) is 0 Å². The summed E-state index contributed by atoms with van der Waals surface area (Å²) in [5.41, 5.74) is 4.49. The molecule has 1 rings (SSSR count). The summed E-state index contributed by atoms with van der Waals surface area (Å²) >= 11 is 0. The summed E-state index contributed by atoms with van der Waals surface area (Å²) in [6, 6.07) is 3.98. The highest BCUT2D eigenvalue weighted by atomic mass is 16.4. The Bertz CT molecular complexity index is 444. The van der Waals surface area contributed by atoms with Gasteiger partial charge in [0.15, 0.2) is 0 Å². The summed E-state index contributed by atoms with van der Waals surface area (Å²) < 4.78 is 0. The molecule has 0 saturated carbocycles. The third-order valence-electron chi connectivity index (χ3n) is 3.08. The number of allylic oxidation sites excluding steroid dienone is 1. The minimum absolute atomic E-state index is 0.477. The summed E-state index contributed by atoms with van der Waals surface area (Å²) in [6.07, 6.45) is 2.46. The molecule has 0 amide bonds. The Morgan fingerprint density at radius 3 is 2.41 bits per heavy atom. The molecule has 1 aromatic carbocycles. The average molecular weight is 232 g/mol. The molecule has 0 aliphatic rings. The van der Waals surface area contributed by atoms with Crippen LogP contribution in [0, 0.1) is 6.92 Å². The molecule has 0 spiro atoms. The van der Waals surface area contributed by atoms with Crippen LogP contribution in [0.2, 0.25) is 0 Å². The summed E-state index contributed by atoms with van der Waals surface area (Å²) in [5, 5.41) is 9.31. The predicted molar refractivity (Wildman–Crippen MR) is 70.7 cm³/mol. The van der Waals surface area contributed by atoms with Crippen LogP contribution < -0.4 is 0 Å². The van der Waals surface area contributed by atoms with E-state index in [-0.39, 0.29) is 0 Å².